The maximum Gasteiger partial charge on any atom is 0.236 e. The number of aromatic nitrogens is 1. The summed E-state index contributed by atoms with van der Waals surface area (Å²) >= 11 is 0. The molecule has 3 aromatic rings. The third kappa shape index (κ3) is 3.65. The van der Waals surface area contributed by atoms with Crippen molar-refractivity contribution in [3.8, 4) is 23.3 Å². The molecule has 0 aliphatic carbocycles. The molecule has 2 heterocycles. The minimum atomic E-state index is 0.144. The lowest BCUT2D eigenvalue weighted by Crippen LogP contribution is -2.00. The quantitative estimate of drug-likeness (QED) is 0.713. The molecule has 0 spiro atoms. The number of anilines is 1. The fourth-order valence-corrected chi connectivity index (χ4v) is 2.71. The van der Waals surface area contributed by atoms with Crippen LogP contribution in [0.15, 0.2) is 46.9 Å². The monoisotopic (exact) mass is 363 g/mol. The van der Waals surface area contributed by atoms with Crippen molar-refractivity contribution in [1.29, 1.82) is 5.26 Å². The Kier molecular flexibility index (Phi) is 4.54. The van der Waals surface area contributed by atoms with Gasteiger partial charge in [-0.3, -0.25) is 0 Å². The third-order valence-electron chi connectivity index (χ3n) is 4.11. The number of para-hydroxylation sites is 1. The molecule has 0 fully saturated rings. The van der Waals surface area contributed by atoms with Crippen LogP contribution in [-0.4, -0.2) is 11.8 Å². The maximum atomic E-state index is 9.30. The van der Waals surface area contributed by atoms with E-state index in [9.17, 15) is 5.26 Å². The second-order valence-electron chi connectivity index (χ2n) is 5.99. The lowest BCUT2D eigenvalue weighted by atomic mass is 10.2. The van der Waals surface area contributed by atoms with Crippen LogP contribution in [0.25, 0.3) is 0 Å². The Morgan fingerprint density at radius 3 is 2.89 bits per heavy atom. The Labute approximate surface area is 156 Å². The SMILES string of the molecule is Cc1ccccc1OCc1nc(C#N)c(NCc2ccc3c(c2)OCO3)o1. The van der Waals surface area contributed by atoms with Gasteiger partial charge in [-0.15, -0.1) is 0 Å². The van der Waals surface area contributed by atoms with E-state index in [1.54, 1.807) is 0 Å². The van der Waals surface area contributed by atoms with Gasteiger partial charge in [0.05, 0.1) is 0 Å². The average molecular weight is 363 g/mol. The topological polar surface area (TPSA) is 89.5 Å². The smallest absolute Gasteiger partial charge is 0.236 e. The number of oxazole rings is 1. The van der Waals surface area contributed by atoms with E-state index in [-0.39, 0.29) is 19.1 Å². The molecule has 0 saturated carbocycles. The normalized spacial score (nSPS) is 11.9. The molecular formula is C20H17N3O4. The number of ether oxygens (including phenoxy) is 3. The highest BCUT2D eigenvalue weighted by atomic mass is 16.7. The Morgan fingerprint density at radius 2 is 2.04 bits per heavy atom. The number of hydrogen-bond donors (Lipinski definition) is 1. The molecule has 7 nitrogen and oxygen atoms in total. The summed E-state index contributed by atoms with van der Waals surface area (Å²) in [6.07, 6.45) is 0. The predicted molar refractivity (Wildman–Crippen MR) is 96.6 cm³/mol. The molecule has 1 aliphatic heterocycles. The molecular weight excluding hydrogens is 346 g/mol. The second kappa shape index (κ2) is 7.30. The Bertz CT molecular complexity index is 1010. The van der Waals surface area contributed by atoms with Gasteiger partial charge in [-0.25, -0.2) is 0 Å². The van der Waals surface area contributed by atoms with Gasteiger partial charge in [0.2, 0.25) is 24.3 Å². The van der Waals surface area contributed by atoms with E-state index in [1.807, 2.05) is 55.5 Å². The Balaban J connectivity index is 1.42. The first-order chi connectivity index (χ1) is 13.2. The van der Waals surface area contributed by atoms with Gasteiger partial charge in [0.25, 0.3) is 0 Å². The first kappa shape index (κ1) is 16.8. The van der Waals surface area contributed by atoms with Crippen LogP contribution in [0.1, 0.15) is 22.7 Å². The van der Waals surface area contributed by atoms with Crippen molar-refractivity contribution in [2.45, 2.75) is 20.1 Å². The van der Waals surface area contributed by atoms with Crippen molar-refractivity contribution in [2.75, 3.05) is 12.1 Å². The molecule has 0 radical (unpaired) electrons. The van der Waals surface area contributed by atoms with E-state index in [4.69, 9.17) is 18.6 Å². The number of fused-ring (bicyclic) bond motifs is 1. The molecule has 136 valence electrons. The van der Waals surface area contributed by atoms with Crippen molar-refractivity contribution in [3.63, 3.8) is 0 Å². The van der Waals surface area contributed by atoms with Crippen LogP contribution >= 0.6 is 0 Å². The van der Waals surface area contributed by atoms with Gasteiger partial charge in [0, 0.05) is 6.54 Å². The summed E-state index contributed by atoms with van der Waals surface area (Å²) in [7, 11) is 0. The van der Waals surface area contributed by atoms with Crippen LogP contribution in [0.3, 0.4) is 0 Å². The van der Waals surface area contributed by atoms with Crippen molar-refractivity contribution in [1.82, 2.24) is 4.98 Å². The summed E-state index contributed by atoms with van der Waals surface area (Å²) in [6, 6.07) is 15.4. The molecule has 7 heteroatoms. The number of benzene rings is 2. The first-order valence-corrected chi connectivity index (χ1v) is 8.43. The predicted octanol–water partition coefficient (Wildman–Crippen LogP) is 3.77. The van der Waals surface area contributed by atoms with Gasteiger partial charge in [-0.1, -0.05) is 24.3 Å². The van der Waals surface area contributed by atoms with Crippen LogP contribution in [0.5, 0.6) is 17.2 Å². The van der Waals surface area contributed by atoms with E-state index in [2.05, 4.69) is 10.3 Å². The van der Waals surface area contributed by atoms with Crippen LogP contribution in [-0.2, 0) is 13.2 Å². The number of rotatable bonds is 6. The van der Waals surface area contributed by atoms with Gasteiger partial charge < -0.3 is 23.9 Å². The Morgan fingerprint density at radius 1 is 1.19 bits per heavy atom. The first-order valence-electron chi connectivity index (χ1n) is 8.43. The highest BCUT2D eigenvalue weighted by Crippen LogP contribution is 2.32. The molecule has 1 N–H and O–H groups in total. The van der Waals surface area contributed by atoms with E-state index < -0.39 is 0 Å². The standard InChI is InChI=1S/C20H17N3O4/c1-13-4-2-3-5-16(13)24-11-19-23-15(9-21)20(27-19)22-10-14-6-7-17-18(8-14)26-12-25-17/h2-8,22H,10-12H2,1H3. The summed E-state index contributed by atoms with van der Waals surface area (Å²) in [5.41, 5.74) is 2.18. The van der Waals surface area contributed by atoms with Gasteiger partial charge >= 0.3 is 0 Å². The summed E-state index contributed by atoms with van der Waals surface area (Å²) in [4.78, 5) is 4.18. The summed E-state index contributed by atoms with van der Waals surface area (Å²) < 4.78 is 22.0. The van der Waals surface area contributed by atoms with Crippen LogP contribution in [0, 0.1) is 18.3 Å². The number of aryl methyl sites for hydroxylation is 1. The lowest BCUT2D eigenvalue weighted by Gasteiger charge is -2.06. The van der Waals surface area contributed by atoms with Crippen LogP contribution < -0.4 is 19.5 Å². The van der Waals surface area contributed by atoms with E-state index >= 15 is 0 Å². The number of nitrogens with one attached hydrogen (secondary N) is 1. The molecule has 0 atom stereocenters. The molecule has 27 heavy (non-hydrogen) atoms. The third-order valence-corrected chi connectivity index (χ3v) is 4.11. The van der Waals surface area contributed by atoms with Crippen molar-refractivity contribution >= 4 is 5.88 Å². The Hall–Kier alpha value is -3.66. The summed E-state index contributed by atoms with van der Waals surface area (Å²) in [6.45, 7) is 2.80. The number of nitrogens with zero attached hydrogens (tertiary/aromatic N) is 2. The van der Waals surface area contributed by atoms with Gasteiger partial charge in [-0.05, 0) is 36.2 Å². The van der Waals surface area contributed by atoms with Crippen LogP contribution in [0.2, 0.25) is 0 Å². The minimum Gasteiger partial charge on any atom is -0.484 e. The fourth-order valence-electron chi connectivity index (χ4n) is 2.71. The highest BCUT2D eigenvalue weighted by Gasteiger charge is 2.16. The fraction of sp³-hybridized carbons (Fsp3) is 0.200. The molecule has 2 aromatic carbocycles. The lowest BCUT2D eigenvalue weighted by molar-refractivity contribution is 0.174. The van der Waals surface area contributed by atoms with E-state index in [0.717, 1.165) is 22.6 Å². The van der Waals surface area contributed by atoms with Gasteiger partial charge in [0.1, 0.15) is 11.8 Å². The molecule has 1 aromatic heterocycles. The highest BCUT2D eigenvalue weighted by molar-refractivity contribution is 5.48. The van der Waals surface area contributed by atoms with E-state index in [1.165, 1.54) is 0 Å². The summed E-state index contributed by atoms with van der Waals surface area (Å²) in [5.74, 6) is 2.84. The minimum absolute atomic E-state index is 0.144. The van der Waals surface area contributed by atoms with Crippen molar-refractivity contribution in [3.05, 3.63) is 65.2 Å². The maximum absolute atomic E-state index is 9.30. The molecule has 0 amide bonds. The zero-order valence-corrected chi connectivity index (χ0v) is 14.7. The largest absolute Gasteiger partial charge is 0.484 e. The molecule has 4 rings (SSSR count). The van der Waals surface area contributed by atoms with Crippen molar-refractivity contribution < 1.29 is 18.6 Å². The van der Waals surface area contributed by atoms with E-state index in [0.29, 0.717) is 24.1 Å². The molecule has 0 saturated heterocycles. The zero-order valence-electron chi connectivity index (χ0n) is 14.7. The molecule has 0 unspecified atom stereocenters. The van der Waals surface area contributed by atoms with Gasteiger partial charge in [0.15, 0.2) is 18.1 Å². The van der Waals surface area contributed by atoms with Crippen LogP contribution in [0.4, 0.5) is 5.88 Å². The number of hydrogen-bond acceptors (Lipinski definition) is 7. The molecule has 0 bridgehead atoms. The average Bonchev–Trinajstić information content (AvgIpc) is 3.31. The number of nitriles is 1. The summed E-state index contributed by atoms with van der Waals surface area (Å²) in [5, 5.41) is 12.4. The van der Waals surface area contributed by atoms with Crippen molar-refractivity contribution in [2.24, 2.45) is 0 Å². The molecule has 1 aliphatic rings. The van der Waals surface area contributed by atoms with Gasteiger partial charge in [-0.2, -0.15) is 10.2 Å². The zero-order chi connectivity index (χ0) is 18.6. The second-order valence-corrected chi connectivity index (χ2v) is 5.99.